The molecular formula is C23H16Cl2F4N2O6S. The number of fused-ring (bicyclic) bond motifs is 2. The van der Waals surface area contributed by atoms with Gasteiger partial charge in [0.25, 0.3) is 5.60 Å². The lowest BCUT2D eigenvalue weighted by Crippen LogP contribution is -2.62. The van der Waals surface area contributed by atoms with Crippen LogP contribution in [0.15, 0.2) is 35.5 Å². The molecule has 0 bridgehead atoms. The molecule has 2 aromatic carbocycles. The van der Waals surface area contributed by atoms with Gasteiger partial charge in [0.05, 0.1) is 34.4 Å². The van der Waals surface area contributed by atoms with Crippen molar-refractivity contribution < 1.29 is 45.1 Å². The Morgan fingerprint density at radius 3 is 2.37 bits per heavy atom. The van der Waals surface area contributed by atoms with Gasteiger partial charge in [0.15, 0.2) is 21.3 Å². The number of carbonyl (C=O) groups excluding carboxylic acids is 2. The van der Waals surface area contributed by atoms with Gasteiger partial charge < -0.3 is 14.5 Å². The number of carbonyl (C=O) groups is 2. The minimum Gasteiger partial charge on any atom is -0.447 e. The minimum absolute atomic E-state index is 0.0627. The Kier molecular flexibility index (Phi) is 6.01. The number of hydrogen-bond acceptors (Lipinski definition) is 7. The van der Waals surface area contributed by atoms with Crippen molar-refractivity contribution in [2.45, 2.75) is 23.8 Å². The van der Waals surface area contributed by atoms with Gasteiger partial charge in [0.1, 0.15) is 5.75 Å². The molecule has 1 spiro atoms. The van der Waals surface area contributed by atoms with Gasteiger partial charge in [-0.05, 0) is 18.2 Å². The first-order chi connectivity index (χ1) is 17.6. The number of halogens is 6. The van der Waals surface area contributed by atoms with E-state index in [1.807, 2.05) is 0 Å². The molecule has 1 atom stereocenters. The monoisotopic (exact) mass is 594 g/mol. The Morgan fingerprint density at radius 1 is 1.16 bits per heavy atom. The van der Waals surface area contributed by atoms with Crippen molar-refractivity contribution in [2.24, 2.45) is 5.16 Å². The fraction of sp³-hybridized carbons (Fsp3) is 0.348. The molecule has 3 aliphatic rings. The first kappa shape index (κ1) is 26.7. The van der Waals surface area contributed by atoms with Crippen LogP contribution in [0.25, 0.3) is 0 Å². The zero-order chi connectivity index (χ0) is 27.8. The Balaban J connectivity index is 1.42. The largest absolute Gasteiger partial charge is 0.447 e. The highest BCUT2D eigenvalue weighted by atomic mass is 35.5. The third-order valence-electron chi connectivity index (χ3n) is 6.62. The molecule has 1 unspecified atom stereocenters. The summed E-state index contributed by atoms with van der Waals surface area (Å²) in [5, 5.41) is 2.39. The van der Waals surface area contributed by atoms with E-state index in [2.05, 4.69) is 5.16 Å². The van der Waals surface area contributed by atoms with E-state index in [1.165, 1.54) is 23.1 Å². The summed E-state index contributed by atoms with van der Waals surface area (Å²) in [4.78, 5) is 31.0. The second-order valence-electron chi connectivity index (χ2n) is 9.35. The third-order valence-corrected chi connectivity index (χ3v) is 7.94. The molecule has 8 nitrogen and oxygen atoms in total. The fourth-order valence-electron chi connectivity index (χ4n) is 4.72. The number of amides is 1. The molecule has 0 aliphatic carbocycles. The second-order valence-corrected chi connectivity index (χ2v) is 12.3. The smallest absolute Gasteiger partial charge is 0.435 e. The third kappa shape index (κ3) is 4.20. The Morgan fingerprint density at radius 2 is 1.79 bits per heavy atom. The zero-order valence-electron chi connectivity index (χ0n) is 19.2. The summed E-state index contributed by atoms with van der Waals surface area (Å²) in [6.45, 7) is -0.125. The van der Waals surface area contributed by atoms with E-state index in [4.69, 9.17) is 32.8 Å². The number of esters is 1. The van der Waals surface area contributed by atoms with E-state index in [0.29, 0.717) is 5.56 Å². The summed E-state index contributed by atoms with van der Waals surface area (Å²) >= 11 is 11.4. The number of oxime groups is 1. The number of nitrogens with zero attached hydrogens (tertiary/aromatic N) is 2. The maximum atomic E-state index is 14.3. The Labute approximate surface area is 223 Å². The molecule has 3 heterocycles. The van der Waals surface area contributed by atoms with Crippen LogP contribution in [-0.2, 0) is 35.4 Å². The lowest BCUT2D eigenvalue weighted by atomic mass is 9.83. The minimum atomic E-state index is -5.00. The summed E-state index contributed by atoms with van der Waals surface area (Å²) in [5.41, 5.74) is -4.25. The van der Waals surface area contributed by atoms with E-state index in [-0.39, 0.29) is 29.9 Å². The molecule has 0 saturated carbocycles. The van der Waals surface area contributed by atoms with Crippen molar-refractivity contribution in [1.82, 2.24) is 4.90 Å². The van der Waals surface area contributed by atoms with Gasteiger partial charge in [-0.2, -0.15) is 13.2 Å². The fourth-order valence-corrected chi connectivity index (χ4v) is 5.84. The average Bonchev–Trinajstić information content (AvgIpc) is 3.35. The normalized spacial score (nSPS) is 22.0. The molecule has 202 valence electrons. The van der Waals surface area contributed by atoms with Gasteiger partial charge >= 0.3 is 12.1 Å². The van der Waals surface area contributed by atoms with E-state index in [9.17, 15) is 35.6 Å². The number of rotatable bonds is 4. The van der Waals surface area contributed by atoms with Gasteiger partial charge in [0.2, 0.25) is 5.91 Å². The van der Waals surface area contributed by atoms with Crippen molar-refractivity contribution in [1.29, 1.82) is 0 Å². The maximum Gasteiger partial charge on any atom is 0.435 e. The van der Waals surface area contributed by atoms with Crippen LogP contribution < -0.4 is 0 Å². The lowest BCUT2D eigenvalue weighted by Gasteiger charge is -2.46. The average molecular weight is 595 g/mol. The number of alkyl halides is 3. The van der Waals surface area contributed by atoms with Gasteiger partial charge in [-0.1, -0.05) is 40.5 Å². The van der Waals surface area contributed by atoms with Crippen LogP contribution in [0.3, 0.4) is 0 Å². The summed E-state index contributed by atoms with van der Waals surface area (Å²) in [5.74, 6) is -3.15. The Bertz CT molecular complexity index is 1520. The summed E-state index contributed by atoms with van der Waals surface area (Å²) in [6, 6.07) is 5.77. The highest BCUT2D eigenvalue weighted by Crippen LogP contribution is 2.50. The molecule has 1 fully saturated rings. The molecule has 38 heavy (non-hydrogen) atoms. The van der Waals surface area contributed by atoms with Crippen LogP contribution in [0.1, 0.15) is 33.5 Å². The predicted molar refractivity (Wildman–Crippen MR) is 126 cm³/mol. The molecule has 1 saturated heterocycles. The first-order valence-electron chi connectivity index (χ1n) is 10.9. The first-order valence-corrected chi connectivity index (χ1v) is 13.7. The quantitative estimate of drug-likeness (QED) is 0.301. The zero-order valence-corrected chi connectivity index (χ0v) is 21.6. The van der Waals surface area contributed by atoms with Gasteiger partial charge in [-0.15, -0.1) is 0 Å². The topological polar surface area (TPSA) is 102 Å². The molecule has 1 amide bonds. The van der Waals surface area contributed by atoms with Crippen LogP contribution in [0, 0.1) is 5.82 Å². The molecule has 3 aliphatic heterocycles. The SMILES string of the molecule is CS(=O)(=O)CC(=O)N1CC2(C1)OC(=O)c1cc(C3=NOC(c4cc(Cl)c(F)c(Cl)c4)(C(F)(F)F)C3)ccc12. The van der Waals surface area contributed by atoms with Gasteiger partial charge in [-0.25, -0.2) is 17.6 Å². The van der Waals surface area contributed by atoms with E-state index in [1.54, 1.807) is 0 Å². The number of likely N-dealkylation sites (tertiary alicyclic amines) is 1. The second kappa shape index (κ2) is 8.55. The van der Waals surface area contributed by atoms with Crippen LogP contribution in [0.2, 0.25) is 10.0 Å². The van der Waals surface area contributed by atoms with Crippen LogP contribution in [-0.4, -0.2) is 62.2 Å². The molecule has 0 aromatic heterocycles. The summed E-state index contributed by atoms with van der Waals surface area (Å²) in [7, 11) is -3.55. The number of benzene rings is 2. The number of sulfone groups is 1. The van der Waals surface area contributed by atoms with E-state index in [0.717, 1.165) is 18.4 Å². The standard InChI is InChI=1S/C23H16Cl2F4N2O6S/c1-38(34,35)8-18(32)31-9-21(10-31)14-3-2-11(4-13(14)20(33)36-21)17-7-22(37-30-17,23(27,28)29)12-5-15(24)19(26)16(25)6-12/h2-6H,7-10H2,1H3. The van der Waals surface area contributed by atoms with Gasteiger partial charge in [-0.3, -0.25) is 4.79 Å². The van der Waals surface area contributed by atoms with E-state index >= 15 is 0 Å². The molecular weight excluding hydrogens is 579 g/mol. The summed E-state index contributed by atoms with van der Waals surface area (Å²) in [6.07, 6.45) is -4.90. The van der Waals surface area contributed by atoms with Crippen molar-refractivity contribution in [3.63, 3.8) is 0 Å². The summed E-state index contributed by atoms with van der Waals surface area (Å²) < 4.78 is 85.0. The van der Waals surface area contributed by atoms with Crippen LogP contribution >= 0.6 is 23.2 Å². The molecule has 0 radical (unpaired) electrons. The van der Waals surface area contributed by atoms with Crippen LogP contribution in [0.5, 0.6) is 0 Å². The van der Waals surface area contributed by atoms with Crippen molar-refractivity contribution >= 4 is 50.6 Å². The lowest BCUT2D eigenvalue weighted by molar-refractivity contribution is -0.275. The van der Waals surface area contributed by atoms with Gasteiger partial charge in [0, 0.05) is 29.4 Å². The molecule has 0 N–H and O–H groups in total. The van der Waals surface area contributed by atoms with Crippen molar-refractivity contribution in [3.8, 4) is 0 Å². The molecule has 2 aromatic rings. The van der Waals surface area contributed by atoms with Crippen molar-refractivity contribution in [2.75, 3.05) is 25.1 Å². The van der Waals surface area contributed by atoms with Crippen LogP contribution in [0.4, 0.5) is 17.6 Å². The highest BCUT2D eigenvalue weighted by molar-refractivity contribution is 7.91. The number of hydrogen-bond donors (Lipinski definition) is 0. The highest BCUT2D eigenvalue weighted by Gasteiger charge is 2.63. The Hall–Kier alpha value is -2.90. The van der Waals surface area contributed by atoms with Crippen molar-refractivity contribution in [3.05, 3.63) is 68.4 Å². The molecule has 15 heteroatoms. The predicted octanol–water partition coefficient (Wildman–Crippen LogP) is 3.97. The number of ether oxygens (including phenoxy) is 1. The molecule has 5 rings (SSSR count). The maximum absolute atomic E-state index is 14.3. The van der Waals surface area contributed by atoms with E-state index < -0.39 is 72.7 Å².